The Morgan fingerprint density at radius 2 is 2.24 bits per heavy atom. The molecule has 1 fully saturated rings. The Labute approximate surface area is 157 Å². The minimum atomic E-state index is -1.23. The second-order valence-corrected chi connectivity index (χ2v) is 7.81. The van der Waals surface area contributed by atoms with Crippen LogP contribution in [0.1, 0.15) is 12.8 Å². The summed E-state index contributed by atoms with van der Waals surface area (Å²) in [6, 6.07) is 5.51. The maximum Gasteiger partial charge on any atom is 0.356 e. The number of carbonyl (C=O) groups is 1. The highest BCUT2D eigenvalue weighted by Crippen LogP contribution is 2.36. The Hall–Kier alpha value is -1.94. The fraction of sp³-hybridized carbons (Fsp3) is 0.200. The highest BCUT2D eigenvalue weighted by atomic mass is 35.5. The van der Waals surface area contributed by atoms with Gasteiger partial charge in [-0.25, -0.2) is 9.78 Å². The number of nitrogens with two attached hydrogens (primary N) is 2. The molecule has 2 aromatic rings. The highest BCUT2D eigenvalue weighted by Gasteiger charge is 2.24. The van der Waals surface area contributed by atoms with Crippen molar-refractivity contribution in [3.05, 3.63) is 39.3 Å². The van der Waals surface area contributed by atoms with E-state index in [0.717, 1.165) is 35.9 Å². The molecule has 0 aliphatic heterocycles. The standard InChI is InChI=1S/C15H15ClN4O3S2/c16-9-5-7(1-4-11(9)23-8-2-3-8)10-6-24-15(19-10)25-13(17)12(20-18)14(21)22/h1,4-6,8,20H,2-3,17-18H2,(H,21,22)/b13-12+. The van der Waals surface area contributed by atoms with Gasteiger partial charge in [0.25, 0.3) is 0 Å². The van der Waals surface area contributed by atoms with Gasteiger partial charge in [-0.1, -0.05) is 11.6 Å². The van der Waals surface area contributed by atoms with E-state index in [4.69, 9.17) is 33.0 Å². The molecule has 25 heavy (non-hydrogen) atoms. The summed E-state index contributed by atoms with van der Waals surface area (Å²) in [6.45, 7) is 0. The molecule has 0 radical (unpaired) electrons. The largest absolute Gasteiger partial charge is 0.489 e. The van der Waals surface area contributed by atoms with E-state index in [9.17, 15) is 4.79 Å². The molecule has 1 aromatic carbocycles. The van der Waals surface area contributed by atoms with Crippen molar-refractivity contribution in [3.8, 4) is 17.0 Å². The molecule has 1 aliphatic carbocycles. The zero-order valence-corrected chi connectivity index (χ0v) is 15.2. The molecule has 0 atom stereocenters. The average molecular weight is 399 g/mol. The second kappa shape index (κ2) is 7.52. The van der Waals surface area contributed by atoms with Crippen LogP contribution in [0.5, 0.6) is 5.75 Å². The van der Waals surface area contributed by atoms with Crippen LogP contribution >= 0.6 is 34.7 Å². The molecule has 1 saturated carbocycles. The van der Waals surface area contributed by atoms with Crippen LogP contribution in [0.3, 0.4) is 0 Å². The molecular weight excluding hydrogens is 384 g/mol. The molecule has 1 aliphatic rings. The molecule has 1 heterocycles. The van der Waals surface area contributed by atoms with E-state index in [0.29, 0.717) is 15.1 Å². The third-order valence-electron chi connectivity index (χ3n) is 3.33. The summed E-state index contributed by atoms with van der Waals surface area (Å²) in [6.07, 6.45) is 2.41. The van der Waals surface area contributed by atoms with Crippen LogP contribution in [0.15, 0.2) is 38.6 Å². The monoisotopic (exact) mass is 398 g/mol. The van der Waals surface area contributed by atoms with E-state index in [1.807, 2.05) is 17.5 Å². The quantitative estimate of drug-likeness (QED) is 0.243. The van der Waals surface area contributed by atoms with Crippen LogP contribution in [0.25, 0.3) is 11.3 Å². The second-order valence-electron chi connectivity index (χ2n) is 5.25. The van der Waals surface area contributed by atoms with Crippen molar-refractivity contribution >= 4 is 40.7 Å². The number of thiazole rings is 1. The number of hydrogen-bond donors (Lipinski definition) is 4. The number of benzene rings is 1. The number of nitrogens with one attached hydrogen (secondary N) is 1. The normalized spacial score (nSPS) is 14.8. The lowest BCUT2D eigenvalue weighted by Crippen LogP contribution is -2.29. The van der Waals surface area contributed by atoms with Crippen LogP contribution in [0.4, 0.5) is 0 Å². The van der Waals surface area contributed by atoms with Crippen molar-refractivity contribution in [2.75, 3.05) is 0 Å². The maximum atomic E-state index is 11.0. The Bertz CT molecular complexity index is 836. The lowest BCUT2D eigenvalue weighted by Gasteiger charge is -2.07. The first-order valence-electron chi connectivity index (χ1n) is 7.27. The summed E-state index contributed by atoms with van der Waals surface area (Å²) in [5.41, 5.74) is 9.12. The lowest BCUT2D eigenvalue weighted by atomic mass is 10.2. The van der Waals surface area contributed by atoms with Gasteiger partial charge < -0.3 is 21.0 Å². The van der Waals surface area contributed by atoms with Crippen molar-refractivity contribution < 1.29 is 14.6 Å². The molecule has 0 bridgehead atoms. The van der Waals surface area contributed by atoms with E-state index in [-0.39, 0.29) is 16.8 Å². The van der Waals surface area contributed by atoms with Crippen molar-refractivity contribution in [2.45, 2.75) is 23.3 Å². The molecule has 1 aromatic heterocycles. The number of thioether (sulfide) groups is 1. The van der Waals surface area contributed by atoms with Crippen LogP contribution in [0.2, 0.25) is 5.02 Å². The molecule has 10 heteroatoms. The highest BCUT2D eigenvalue weighted by molar-refractivity contribution is 8.04. The summed E-state index contributed by atoms with van der Waals surface area (Å²) in [4.78, 5) is 15.4. The number of nitrogens with zero attached hydrogens (tertiary/aromatic N) is 1. The predicted octanol–water partition coefficient (Wildman–Crippen LogP) is 2.77. The maximum absolute atomic E-state index is 11.0. The summed E-state index contributed by atoms with van der Waals surface area (Å²) >= 11 is 8.64. The van der Waals surface area contributed by atoms with Crippen molar-refractivity contribution in [1.82, 2.24) is 10.4 Å². The molecule has 7 nitrogen and oxygen atoms in total. The number of aromatic nitrogens is 1. The number of hydrazine groups is 1. The fourth-order valence-corrected chi connectivity index (χ4v) is 3.91. The summed E-state index contributed by atoms with van der Waals surface area (Å²) in [7, 11) is 0. The van der Waals surface area contributed by atoms with Crippen molar-refractivity contribution in [2.24, 2.45) is 11.6 Å². The first kappa shape index (κ1) is 17.9. The minimum absolute atomic E-state index is 0.0297. The molecule has 0 spiro atoms. The zero-order valence-electron chi connectivity index (χ0n) is 12.9. The predicted molar refractivity (Wildman–Crippen MR) is 98.2 cm³/mol. The molecule has 0 saturated heterocycles. The minimum Gasteiger partial charge on any atom is -0.489 e. The molecule has 3 rings (SSSR count). The number of ether oxygens (including phenoxy) is 1. The van der Waals surface area contributed by atoms with Gasteiger partial charge in [0.15, 0.2) is 10.0 Å². The number of rotatable bonds is 7. The van der Waals surface area contributed by atoms with E-state index in [1.165, 1.54) is 11.3 Å². The Kier molecular flexibility index (Phi) is 5.38. The number of carboxylic acid groups (broad SMARTS) is 1. The number of hydrogen-bond acceptors (Lipinski definition) is 8. The smallest absolute Gasteiger partial charge is 0.356 e. The van der Waals surface area contributed by atoms with E-state index in [1.54, 1.807) is 6.07 Å². The number of aliphatic carboxylic acids is 1. The lowest BCUT2D eigenvalue weighted by molar-refractivity contribution is -0.133. The van der Waals surface area contributed by atoms with Gasteiger partial charge in [0.05, 0.1) is 16.8 Å². The molecule has 6 N–H and O–H groups in total. The van der Waals surface area contributed by atoms with Gasteiger partial charge >= 0.3 is 5.97 Å². The molecule has 0 amide bonds. The first-order chi connectivity index (χ1) is 12.0. The van der Waals surface area contributed by atoms with Gasteiger partial charge in [-0.2, -0.15) is 0 Å². The Morgan fingerprint density at radius 3 is 2.84 bits per heavy atom. The molecular formula is C15H15ClN4O3S2. The van der Waals surface area contributed by atoms with E-state index >= 15 is 0 Å². The topological polar surface area (TPSA) is 123 Å². The summed E-state index contributed by atoms with van der Waals surface area (Å²) in [5, 5.41) is 11.4. The van der Waals surface area contributed by atoms with Gasteiger partial charge in [-0.3, -0.25) is 5.84 Å². The van der Waals surface area contributed by atoms with Crippen LogP contribution < -0.4 is 21.7 Å². The number of halogens is 1. The molecule has 132 valence electrons. The Balaban J connectivity index is 1.77. The summed E-state index contributed by atoms with van der Waals surface area (Å²) in [5.74, 6) is 4.61. The fourth-order valence-electron chi connectivity index (χ4n) is 1.94. The van der Waals surface area contributed by atoms with Crippen LogP contribution in [0, 0.1) is 0 Å². The SMILES string of the molecule is NN/C(C(=O)O)=C(\N)Sc1nc(-c2ccc(OC3CC3)c(Cl)c2)cs1. The number of carboxylic acids is 1. The van der Waals surface area contributed by atoms with Crippen LogP contribution in [-0.4, -0.2) is 22.2 Å². The van der Waals surface area contributed by atoms with Crippen LogP contribution in [-0.2, 0) is 4.79 Å². The van der Waals surface area contributed by atoms with E-state index in [2.05, 4.69) is 10.4 Å². The first-order valence-corrected chi connectivity index (χ1v) is 9.35. The third-order valence-corrected chi connectivity index (χ3v) is 5.49. The van der Waals surface area contributed by atoms with Gasteiger partial charge in [0, 0.05) is 10.9 Å². The van der Waals surface area contributed by atoms with Gasteiger partial charge in [-0.15, -0.1) is 11.3 Å². The van der Waals surface area contributed by atoms with Gasteiger partial charge in [0.2, 0.25) is 0 Å². The Morgan fingerprint density at radius 1 is 1.48 bits per heavy atom. The van der Waals surface area contributed by atoms with E-state index < -0.39 is 5.97 Å². The zero-order chi connectivity index (χ0) is 18.0. The third kappa shape index (κ3) is 4.37. The molecule has 0 unspecified atom stereocenters. The van der Waals surface area contributed by atoms with Gasteiger partial charge in [-0.05, 0) is 42.8 Å². The average Bonchev–Trinajstić information content (AvgIpc) is 3.26. The van der Waals surface area contributed by atoms with Gasteiger partial charge in [0.1, 0.15) is 10.8 Å². The van der Waals surface area contributed by atoms with Crippen molar-refractivity contribution in [3.63, 3.8) is 0 Å². The summed E-state index contributed by atoms with van der Waals surface area (Å²) < 4.78 is 6.31. The van der Waals surface area contributed by atoms with Crippen molar-refractivity contribution in [1.29, 1.82) is 0 Å².